The van der Waals surface area contributed by atoms with Crippen molar-refractivity contribution in [3.05, 3.63) is 108 Å². The van der Waals surface area contributed by atoms with Crippen LogP contribution in [0.25, 0.3) is 22.2 Å². The van der Waals surface area contributed by atoms with Gasteiger partial charge in [0.05, 0.1) is 25.5 Å². The van der Waals surface area contributed by atoms with Gasteiger partial charge < -0.3 is 39.7 Å². The van der Waals surface area contributed by atoms with Crippen LogP contribution in [0.2, 0.25) is 0 Å². The number of nitrogens with one attached hydrogen (secondary N) is 1. The molecule has 4 aliphatic rings. The molecule has 5 aromatic rings. The number of carbonyl (C=O) groups excluding carboxylic acids is 1. The maximum absolute atomic E-state index is 16.4. The van der Waals surface area contributed by atoms with E-state index in [0.29, 0.717) is 74.2 Å². The van der Waals surface area contributed by atoms with Crippen LogP contribution in [-0.4, -0.2) is 113 Å². The van der Waals surface area contributed by atoms with Crippen molar-refractivity contribution in [2.75, 3.05) is 81.6 Å². The van der Waals surface area contributed by atoms with Crippen LogP contribution in [0.15, 0.2) is 91.3 Å². The fourth-order valence-corrected chi connectivity index (χ4v) is 9.71. The molecule has 2 aromatic heterocycles. The van der Waals surface area contributed by atoms with Crippen molar-refractivity contribution in [1.82, 2.24) is 29.9 Å². The number of benzene rings is 3. The number of amides is 1. The molecule has 0 radical (unpaired) electrons. The minimum absolute atomic E-state index is 0.0610. The molecule has 0 bridgehead atoms. The van der Waals surface area contributed by atoms with Crippen LogP contribution < -0.4 is 20.9 Å². The molecule has 3 fully saturated rings. The Bertz CT molecular complexity index is 2430. The molecule has 6 heterocycles. The molecule has 0 aliphatic carbocycles. The Morgan fingerprint density at radius 1 is 1.02 bits per heavy atom. The topological polar surface area (TPSA) is 128 Å². The predicted octanol–water partition coefficient (Wildman–Crippen LogP) is 6.87. The highest BCUT2D eigenvalue weighted by molar-refractivity contribution is 5.94. The lowest BCUT2D eigenvalue weighted by Crippen LogP contribution is -2.51. The second-order valence-electron chi connectivity index (χ2n) is 16.9. The van der Waals surface area contributed by atoms with Gasteiger partial charge in [0.25, 0.3) is 5.91 Å². The highest BCUT2D eigenvalue weighted by Gasteiger charge is 2.39. The SMILES string of the molecule is [2H]C1C=CN(c2ccc3c(ccn3C3CCN(CC4(F)CCN(C(=O)c5ccc([C@H]6C[C@@H](OC)CN(c7cc(-c8ccccc8O)nnc7N)C6)cc5)CC4)CC3)c2C)C([2H])N1. The minimum atomic E-state index is -1.34. The standard InChI is InChI=1S/C47H56FN9O3/c1-32-38-16-23-57(42(38)13-12-41(32)55-20-5-19-50-31-55)36-14-21-53(22-15-36)30-47(48)17-24-54(25-18-47)46(59)34-10-8-33(9-11-34)35-26-37(60-2)29-56(28-35)43-27-40(51-52-45(43)49)39-6-3-4-7-44(39)58/h3-13,16,20,23,27,35-37,50,58H,14-15,17-19,21-22,24-26,28-31H2,1-2H3,(H2,49,52)/t35-,37+/m0/s1/i19D,31D/t19?,31?,35-,37+. The van der Waals surface area contributed by atoms with E-state index in [9.17, 15) is 9.90 Å². The molecule has 3 aromatic carbocycles. The third kappa shape index (κ3) is 8.05. The summed E-state index contributed by atoms with van der Waals surface area (Å²) < 4.78 is 41.0. The zero-order chi connectivity index (χ0) is 43.1. The van der Waals surface area contributed by atoms with E-state index >= 15 is 4.39 Å². The molecule has 2 unspecified atom stereocenters. The molecule has 4 aliphatic heterocycles. The van der Waals surface area contributed by atoms with Gasteiger partial charge in [-0.2, -0.15) is 0 Å². The van der Waals surface area contributed by atoms with Gasteiger partial charge in [-0.15, -0.1) is 10.2 Å². The smallest absolute Gasteiger partial charge is 0.253 e. The minimum Gasteiger partial charge on any atom is -0.507 e. The number of ether oxygens (including phenoxy) is 1. The number of hydrogen-bond acceptors (Lipinski definition) is 10. The van der Waals surface area contributed by atoms with Crippen molar-refractivity contribution in [1.29, 1.82) is 0 Å². The Labute approximate surface area is 354 Å². The summed E-state index contributed by atoms with van der Waals surface area (Å²) in [6, 6.07) is 23.4. The quantitative estimate of drug-likeness (QED) is 0.145. The molecule has 314 valence electrons. The maximum Gasteiger partial charge on any atom is 0.253 e. The Balaban J connectivity index is 0.783. The molecular formula is C47H56FN9O3. The molecule has 13 heteroatoms. The highest BCUT2D eigenvalue weighted by atomic mass is 19.1. The average molecular weight is 816 g/mol. The van der Waals surface area contributed by atoms with Crippen molar-refractivity contribution in [2.24, 2.45) is 0 Å². The van der Waals surface area contributed by atoms with Gasteiger partial charge in [-0.3, -0.25) is 10.1 Å². The van der Waals surface area contributed by atoms with E-state index < -0.39 is 18.8 Å². The van der Waals surface area contributed by atoms with Crippen molar-refractivity contribution in [3.63, 3.8) is 0 Å². The number of nitrogens with zero attached hydrogens (tertiary/aromatic N) is 7. The largest absolute Gasteiger partial charge is 0.507 e. The monoisotopic (exact) mass is 815 g/mol. The fraction of sp³-hybridized carbons (Fsp3) is 0.426. The fourth-order valence-electron chi connectivity index (χ4n) is 9.71. The zero-order valence-corrected chi connectivity index (χ0v) is 34.4. The van der Waals surface area contributed by atoms with Gasteiger partial charge in [0.2, 0.25) is 0 Å². The van der Waals surface area contributed by atoms with Gasteiger partial charge >= 0.3 is 0 Å². The molecule has 4 N–H and O–H groups in total. The van der Waals surface area contributed by atoms with E-state index in [1.165, 1.54) is 0 Å². The summed E-state index contributed by atoms with van der Waals surface area (Å²) in [4.78, 5) is 21.8. The lowest BCUT2D eigenvalue weighted by Gasteiger charge is -2.41. The first-order valence-corrected chi connectivity index (χ1v) is 21.1. The molecule has 0 spiro atoms. The number of aromatic hydroxyl groups is 1. The van der Waals surface area contributed by atoms with Crippen LogP contribution >= 0.6 is 0 Å². The summed E-state index contributed by atoms with van der Waals surface area (Å²) in [6.45, 7) is 4.86. The van der Waals surface area contributed by atoms with Crippen molar-refractivity contribution < 1.29 is 21.8 Å². The summed E-state index contributed by atoms with van der Waals surface area (Å²) in [5.74, 6) is 0.448. The number of phenolic OH excluding ortho intramolecular Hbond substituents is 1. The summed E-state index contributed by atoms with van der Waals surface area (Å²) >= 11 is 0. The second-order valence-corrected chi connectivity index (χ2v) is 16.9. The van der Waals surface area contributed by atoms with E-state index in [-0.39, 0.29) is 23.7 Å². The van der Waals surface area contributed by atoms with Crippen LogP contribution in [0.4, 0.5) is 21.6 Å². The van der Waals surface area contributed by atoms with Crippen LogP contribution in [-0.2, 0) is 4.74 Å². The average Bonchev–Trinajstić information content (AvgIpc) is 3.72. The van der Waals surface area contributed by atoms with Crippen molar-refractivity contribution in [2.45, 2.75) is 62.8 Å². The van der Waals surface area contributed by atoms with Crippen LogP contribution in [0.5, 0.6) is 5.75 Å². The number of aromatic nitrogens is 3. The van der Waals surface area contributed by atoms with Crippen LogP contribution in [0.3, 0.4) is 0 Å². The third-order valence-electron chi connectivity index (χ3n) is 13.2. The number of aryl methyl sites for hydroxylation is 1. The molecular weight excluding hydrogens is 758 g/mol. The molecule has 4 atom stereocenters. The molecule has 0 saturated carbocycles. The Morgan fingerprint density at radius 3 is 2.55 bits per heavy atom. The number of rotatable bonds is 9. The normalized spacial score (nSPS) is 24.4. The number of para-hydroxylation sites is 1. The second kappa shape index (κ2) is 16.9. The van der Waals surface area contributed by atoms with Gasteiger partial charge in [-0.05, 0) is 85.8 Å². The third-order valence-corrected chi connectivity index (χ3v) is 13.2. The number of fused-ring (bicyclic) bond motifs is 1. The van der Waals surface area contributed by atoms with Gasteiger partial charge in [-0.25, -0.2) is 4.39 Å². The zero-order valence-electron chi connectivity index (χ0n) is 36.4. The summed E-state index contributed by atoms with van der Waals surface area (Å²) in [5.41, 5.74) is 11.8. The van der Waals surface area contributed by atoms with E-state index in [0.717, 1.165) is 65.8 Å². The summed E-state index contributed by atoms with van der Waals surface area (Å²) in [6.07, 6.45) is 8.97. The first-order valence-electron chi connectivity index (χ1n) is 22.3. The number of carbonyl (C=O) groups is 1. The van der Waals surface area contributed by atoms with E-state index in [1.54, 1.807) is 36.3 Å². The van der Waals surface area contributed by atoms with Crippen molar-refractivity contribution >= 4 is 34.0 Å². The number of nitrogen functional groups attached to an aromatic ring is 1. The Kier molecular flexibility index (Phi) is 10.5. The van der Waals surface area contributed by atoms with Crippen LogP contribution in [0.1, 0.15) is 68.3 Å². The van der Waals surface area contributed by atoms with E-state index in [1.807, 2.05) is 47.5 Å². The van der Waals surface area contributed by atoms with Gasteiger partial charge in [0, 0.05) is 126 Å². The number of halogens is 1. The number of likely N-dealkylation sites (tertiary alicyclic amines) is 2. The highest BCUT2D eigenvalue weighted by Crippen LogP contribution is 2.38. The number of methoxy groups -OCH3 is 1. The molecule has 1 amide bonds. The van der Waals surface area contributed by atoms with Gasteiger partial charge in [0.1, 0.15) is 11.4 Å². The number of hydrogen-bond donors (Lipinski definition) is 3. The maximum atomic E-state index is 16.4. The summed E-state index contributed by atoms with van der Waals surface area (Å²) in [5, 5.41) is 23.0. The molecule has 3 saturated heterocycles. The number of nitrogens with two attached hydrogens (primary N) is 1. The lowest BCUT2D eigenvalue weighted by molar-refractivity contribution is 0.0158. The molecule has 60 heavy (non-hydrogen) atoms. The van der Waals surface area contributed by atoms with E-state index in [4.69, 9.17) is 13.2 Å². The number of anilines is 3. The number of piperidine rings is 3. The molecule has 9 rings (SSSR count). The lowest BCUT2D eigenvalue weighted by atomic mass is 9.88. The first kappa shape index (κ1) is 37.5. The first-order chi connectivity index (χ1) is 30.0. The number of phenols is 1. The Morgan fingerprint density at radius 2 is 1.80 bits per heavy atom. The van der Waals surface area contributed by atoms with Gasteiger partial charge in [0.15, 0.2) is 5.82 Å². The van der Waals surface area contributed by atoms with Crippen molar-refractivity contribution in [3.8, 4) is 17.0 Å². The summed E-state index contributed by atoms with van der Waals surface area (Å²) in [7, 11) is 1.71. The van der Waals surface area contributed by atoms with Crippen LogP contribution in [0, 0.1) is 6.92 Å². The predicted molar refractivity (Wildman–Crippen MR) is 235 cm³/mol. The molecule has 12 nitrogen and oxygen atoms in total. The van der Waals surface area contributed by atoms with E-state index in [2.05, 4.69) is 61.2 Å². The van der Waals surface area contributed by atoms with Gasteiger partial charge in [-0.1, -0.05) is 30.3 Å². The Hall–Kier alpha value is -5.50. The number of alkyl halides is 1.